The Morgan fingerprint density at radius 1 is 1.39 bits per heavy atom. The predicted octanol–water partition coefficient (Wildman–Crippen LogP) is 0.907. The molecule has 0 radical (unpaired) electrons. The van der Waals surface area contributed by atoms with Gasteiger partial charge in [-0.15, -0.1) is 0 Å². The SMILES string of the molecule is Cc1cc(NC(=O)CN2C(=O)c3ccccc3CS2(=O)=O)no1. The first-order chi connectivity index (χ1) is 10.9. The molecule has 9 heteroatoms. The van der Waals surface area contributed by atoms with Crippen LogP contribution in [-0.2, 0) is 20.6 Å². The molecule has 0 saturated carbocycles. The van der Waals surface area contributed by atoms with E-state index >= 15 is 0 Å². The van der Waals surface area contributed by atoms with E-state index in [4.69, 9.17) is 4.52 Å². The van der Waals surface area contributed by atoms with Crippen molar-refractivity contribution >= 4 is 27.7 Å². The first-order valence-corrected chi connectivity index (χ1v) is 8.33. The van der Waals surface area contributed by atoms with E-state index in [0.29, 0.717) is 15.6 Å². The molecular weight excluding hydrogens is 322 g/mol. The van der Waals surface area contributed by atoms with Gasteiger partial charge < -0.3 is 9.84 Å². The van der Waals surface area contributed by atoms with Crippen molar-refractivity contribution in [2.45, 2.75) is 12.7 Å². The fourth-order valence-corrected chi connectivity index (χ4v) is 3.76. The fraction of sp³-hybridized carbons (Fsp3) is 0.214. The van der Waals surface area contributed by atoms with Gasteiger partial charge in [-0.05, 0) is 18.6 Å². The van der Waals surface area contributed by atoms with Gasteiger partial charge in [0.15, 0.2) is 5.82 Å². The molecule has 0 saturated heterocycles. The van der Waals surface area contributed by atoms with Crippen molar-refractivity contribution in [1.82, 2.24) is 9.46 Å². The minimum Gasteiger partial charge on any atom is -0.360 e. The first-order valence-electron chi connectivity index (χ1n) is 6.72. The summed E-state index contributed by atoms with van der Waals surface area (Å²) in [6, 6.07) is 7.92. The third-order valence-electron chi connectivity index (χ3n) is 3.33. The van der Waals surface area contributed by atoms with Crippen LogP contribution in [0, 0.1) is 6.92 Å². The van der Waals surface area contributed by atoms with Crippen LogP contribution in [0.4, 0.5) is 5.82 Å². The number of hydrogen-bond donors (Lipinski definition) is 1. The molecule has 2 heterocycles. The van der Waals surface area contributed by atoms with Gasteiger partial charge in [-0.25, -0.2) is 12.7 Å². The number of carbonyl (C=O) groups is 2. The lowest BCUT2D eigenvalue weighted by Gasteiger charge is -2.27. The van der Waals surface area contributed by atoms with Crippen LogP contribution in [-0.4, -0.2) is 36.2 Å². The van der Waals surface area contributed by atoms with Crippen molar-refractivity contribution in [2.24, 2.45) is 0 Å². The lowest BCUT2D eigenvalue weighted by Crippen LogP contribution is -2.45. The van der Waals surface area contributed by atoms with Crippen molar-refractivity contribution in [3.8, 4) is 0 Å². The molecule has 3 rings (SSSR count). The number of sulfonamides is 1. The highest BCUT2D eigenvalue weighted by Gasteiger charge is 2.36. The molecule has 1 aromatic heterocycles. The number of aromatic nitrogens is 1. The standard InChI is InChI=1S/C14H13N3O5S/c1-9-6-12(16-22-9)15-13(18)7-17-14(19)11-5-3-2-4-10(11)8-23(17,20)21/h2-6H,7-8H2,1H3,(H,15,16,18). The van der Waals surface area contributed by atoms with Crippen molar-refractivity contribution in [3.05, 3.63) is 47.2 Å². The summed E-state index contributed by atoms with van der Waals surface area (Å²) in [5.41, 5.74) is 0.716. The summed E-state index contributed by atoms with van der Waals surface area (Å²) in [6.07, 6.45) is 0. The summed E-state index contributed by atoms with van der Waals surface area (Å²) < 4.78 is 29.9. The maximum Gasteiger partial charge on any atom is 0.268 e. The molecule has 0 atom stereocenters. The van der Waals surface area contributed by atoms with Crippen LogP contribution in [0.1, 0.15) is 21.7 Å². The van der Waals surface area contributed by atoms with E-state index in [-0.39, 0.29) is 17.1 Å². The second-order valence-corrected chi connectivity index (χ2v) is 6.99. The number of aryl methyl sites for hydroxylation is 1. The van der Waals surface area contributed by atoms with Crippen LogP contribution < -0.4 is 5.32 Å². The summed E-state index contributed by atoms with van der Waals surface area (Å²) in [5, 5.41) is 5.97. The minimum atomic E-state index is -3.89. The van der Waals surface area contributed by atoms with Crippen LogP contribution in [0.2, 0.25) is 0 Å². The van der Waals surface area contributed by atoms with Gasteiger partial charge in [-0.1, -0.05) is 23.4 Å². The number of nitrogens with zero attached hydrogens (tertiary/aromatic N) is 2. The maximum atomic E-state index is 12.4. The van der Waals surface area contributed by atoms with Crippen molar-refractivity contribution in [1.29, 1.82) is 0 Å². The van der Waals surface area contributed by atoms with Crippen LogP contribution in [0.25, 0.3) is 0 Å². The summed E-state index contributed by atoms with van der Waals surface area (Å²) in [5.74, 6) is -1.04. The van der Waals surface area contributed by atoms with Gasteiger partial charge in [-0.2, -0.15) is 0 Å². The van der Waals surface area contributed by atoms with Crippen molar-refractivity contribution in [2.75, 3.05) is 11.9 Å². The molecule has 1 aliphatic heterocycles. The summed E-state index contributed by atoms with van der Waals surface area (Å²) in [7, 11) is -3.89. The quantitative estimate of drug-likeness (QED) is 0.893. The third-order valence-corrected chi connectivity index (χ3v) is 4.97. The number of amides is 2. The number of hydrogen-bond acceptors (Lipinski definition) is 6. The van der Waals surface area contributed by atoms with Crippen molar-refractivity contribution in [3.63, 3.8) is 0 Å². The zero-order valence-electron chi connectivity index (χ0n) is 12.1. The van der Waals surface area contributed by atoms with Crippen LogP contribution >= 0.6 is 0 Å². The van der Waals surface area contributed by atoms with E-state index in [1.54, 1.807) is 25.1 Å². The Bertz CT molecular complexity index is 887. The first kappa shape index (κ1) is 15.2. The molecule has 2 aromatic rings. The normalized spacial score (nSPS) is 16.0. The summed E-state index contributed by atoms with van der Waals surface area (Å²) in [6.45, 7) is 1.04. The lowest BCUT2D eigenvalue weighted by molar-refractivity contribution is -0.116. The average molecular weight is 335 g/mol. The second-order valence-electron chi connectivity index (χ2n) is 5.10. The molecule has 120 valence electrons. The van der Waals surface area contributed by atoms with Gasteiger partial charge in [-0.3, -0.25) is 9.59 Å². The van der Waals surface area contributed by atoms with Gasteiger partial charge in [0.2, 0.25) is 15.9 Å². The van der Waals surface area contributed by atoms with E-state index in [1.165, 1.54) is 12.1 Å². The molecular formula is C14H13N3O5S. The Balaban J connectivity index is 1.82. The topological polar surface area (TPSA) is 110 Å². The molecule has 1 aromatic carbocycles. The highest BCUT2D eigenvalue weighted by molar-refractivity contribution is 7.89. The van der Waals surface area contributed by atoms with Crippen molar-refractivity contribution < 1.29 is 22.5 Å². The Labute approximate surface area is 132 Å². The smallest absolute Gasteiger partial charge is 0.268 e. The Hall–Kier alpha value is -2.68. The Morgan fingerprint density at radius 3 is 2.83 bits per heavy atom. The number of nitrogens with one attached hydrogen (secondary N) is 1. The Morgan fingerprint density at radius 2 is 2.13 bits per heavy atom. The molecule has 0 aliphatic carbocycles. The van der Waals surface area contributed by atoms with Crippen LogP contribution in [0.3, 0.4) is 0 Å². The van der Waals surface area contributed by atoms with E-state index in [2.05, 4.69) is 10.5 Å². The number of benzene rings is 1. The highest BCUT2D eigenvalue weighted by Crippen LogP contribution is 2.24. The highest BCUT2D eigenvalue weighted by atomic mass is 32.2. The van der Waals surface area contributed by atoms with Gasteiger partial charge in [0.1, 0.15) is 12.3 Å². The van der Waals surface area contributed by atoms with E-state index in [0.717, 1.165) is 0 Å². The van der Waals surface area contributed by atoms with Gasteiger partial charge in [0, 0.05) is 11.6 Å². The third kappa shape index (κ3) is 2.95. The fourth-order valence-electron chi connectivity index (χ4n) is 2.30. The van der Waals surface area contributed by atoms with Gasteiger partial charge >= 0.3 is 0 Å². The zero-order chi connectivity index (χ0) is 16.6. The Kier molecular flexibility index (Phi) is 3.64. The number of rotatable bonds is 3. The second kappa shape index (κ2) is 5.51. The number of fused-ring (bicyclic) bond motifs is 1. The van der Waals surface area contributed by atoms with Crippen LogP contribution in [0.5, 0.6) is 0 Å². The van der Waals surface area contributed by atoms with E-state index < -0.39 is 28.4 Å². The molecule has 0 spiro atoms. The zero-order valence-corrected chi connectivity index (χ0v) is 13.0. The molecule has 1 aliphatic rings. The molecule has 1 N–H and O–H groups in total. The summed E-state index contributed by atoms with van der Waals surface area (Å²) >= 11 is 0. The maximum absolute atomic E-state index is 12.4. The predicted molar refractivity (Wildman–Crippen MR) is 80.0 cm³/mol. The van der Waals surface area contributed by atoms with Gasteiger partial charge in [0.05, 0.1) is 5.75 Å². The largest absolute Gasteiger partial charge is 0.360 e. The average Bonchev–Trinajstić information content (AvgIpc) is 2.88. The molecule has 0 bridgehead atoms. The number of anilines is 1. The van der Waals surface area contributed by atoms with E-state index in [1.807, 2.05) is 0 Å². The molecule has 0 unspecified atom stereocenters. The molecule has 23 heavy (non-hydrogen) atoms. The summed E-state index contributed by atoms with van der Waals surface area (Å²) in [4.78, 5) is 24.3. The molecule has 8 nitrogen and oxygen atoms in total. The lowest BCUT2D eigenvalue weighted by atomic mass is 10.1. The molecule has 2 amide bonds. The monoisotopic (exact) mass is 335 g/mol. The van der Waals surface area contributed by atoms with E-state index in [9.17, 15) is 18.0 Å². The van der Waals surface area contributed by atoms with Gasteiger partial charge in [0.25, 0.3) is 5.91 Å². The molecule has 0 fully saturated rings. The van der Waals surface area contributed by atoms with Crippen LogP contribution in [0.15, 0.2) is 34.9 Å². The minimum absolute atomic E-state index is 0.162. The number of carbonyl (C=O) groups excluding carboxylic acids is 2.